The Morgan fingerprint density at radius 1 is 0.636 bits per heavy atom. The molecular formula is C30H42O3. The van der Waals surface area contributed by atoms with E-state index < -0.39 is 0 Å². The second kappa shape index (κ2) is 11.1. The predicted molar refractivity (Wildman–Crippen MR) is 137 cm³/mol. The summed E-state index contributed by atoms with van der Waals surface area (Å²) in [6.45, 7) is 17.5. The first-order valence-electron chi connectivity index (χ1n) is 12.2. The van der Waals surface area contributed by atoms with E-state index in [-0.39, 0.29) is 22.4 Å². The minimum Gasteiger partial charge on any atom is -0.457 e. The number of ketones is 2. The van der Waals surface area contributed by atoms with Crippen LogP contribution < -0.4 is 4.74 Å². The Morgan fingerprint density at radius 3 is 1.21 bits per heavy atom. The van der Waals surface area contributed by atoms with Gasteiger partial charge in [-0.2, -0.15) is 0 Å². The van der Waals surface area contributed by atoms with Crippen molar-refractivity contribution in [2.45, 2.75) is 81.1 Å². The molecule has 0 aliphatic rings. The van der Waals surface area contributed by atoms with Crippen LogP contribution in [0.1, 0.15) is 102 Å². The number of hydrogen-bond donors (Lipinski definition) is 0. The first kappa shape index (κ1) is 26.8. The highest BCUT2D eigenvalue weighted by Crippen LogP contribution is 2.29. The van der Waals surface area contributed by atoms with Crippen LogP contribution in [0.5, 0.6) is 11.5 Å². The van der Waals surface area contributed by atoms with Gasteiger partial charge in [0.25, 0.3) is 0 Å². The predicted octanol–water partition coefficient (Wildman–Crippen LogP) is 8.77. The molecule has 0 aliphatic carbocycles. The molecule has 0 heterocycles. The number of Topliss-reactive ketones (excluding diaryl/α,β-unsaturated/α-hetero) is 2. The van der Waals surface area contributed by atoms with Crippen molar-refractivity contribution in [2.24, 2.45) is 22.7 Å². The molecule has 0 aliphatic heterocycles. The molecule has 0 spiro atoms. The molecule has 0 N–H and O–H groups in total. The fourth-order valence-corrected chi connectivity index (χ4v) is 4.66. The molecule has 2 unspecified atom stereocenters. The van der Waals surface area contributed by atoms with Gasteiger partial charge in [-0.25, -0.2) is 0 Å². The molecular weight excluding hydrogens is 408 g/mol. The van der Waals surface area contributed by atoms with Crippen LogP contribution in [0.25, 0.3) is 0 Å². The fourth-order valence-electron chi connectivity index (χ4n) is 4.66. The van der Waals surface area contributed by atoms with E-state index in [2.05, 4.69) is 55.4 Å². The topological polar surface area (TPSA) is 43.4 Å². The smallest absolute Gasteiger partial charge is 0.163 e. The Hall–Kier alpha value is -2.42. The second-order valence-corrected chi connectivity index (χ2v) is 12.1. The van der Waals surface area contributed by atoms with E-state index in [1.165, 1.54) is 0 Å². The van der Waals surface area contributed by atoms with Crippen LogP contribution in [-0.4, -0.2) is 11.6 Å². The minimum atomic E-state index is 0.168. The summed E-state index contributed by atoms with van der Waals surface area (Å²) in [6.07, 6.45) is 3.16. The molecule has 3 heteroatoms. The first-order chi connectivity index (χ1) is 15.2. The average molecular weight is 451 g/mol. The summed E-state index contributed by atoms with van der Waals surface area (Å²) in [5, 5.41) is 0. The van der Waals surface area contributed by atoms with Crippen LogP contribution in [0.3, 0.4) is 0 Å². The van der Waals surface area contributed by atoms with E-state index in [0.29, 0.717) is 47.3 Å². The molecule has 3 nitrogen and oxygen atoms in total. The lowest BCUT2D eigenvalue weighted by Gasteiger charge is -2.22. The van der Waals surface area contributed by atoms with Crippen molar-refractivity contribution in [3.63, 3.8) is 0 Å². The standard InChI is InChI=1S/C30H42O3/c1-21(19-29(3,4)5)17-27(31)23-9-13-25(14-10-23)33-26-15-11-24(12-16-26)28(32)18-22(2)20-30(6,7)8/h9-16,21-22H,17-20H2,1-8H3. The van der Waals surface area contributed by atoms with E-state index >= 15 is 0 Å². The number of ether oxygens (including phenoxy) is 1. The highest BCUT2D eigenvalue weighted by atomic mass is 16.5. The van der Waals surface area contributed by atoms with E-state index in [4.69, 9.17) is 4.74 Å². The van der Waals surface area contributed by atoms with Gasteiger partial charge in [-0.3, -0.25) is 9.59 Å². The molecule has 0 fully saturated rings. The lowest BCUT2D eigenvalue weighted by molar-refractivity contribution is 0.0945. The normalized spacial score (nSPS) is 13.9. The van der Waals surface area contributed by atoms with Gasteiger partial charge in [0, 0.05) is 24.0 Å². The maximum Gasteiger partial charge on any atom is 0.163 e. The van der Waals surface area contributed by atoms with Gasteiger partial charge in [0.05, 0.1) is 0 Å². The van der Waals surface area contributed by atoms with Crippen molar-refractivity contribution in [3.05, 3.63) is 59.7 Å². The molecule has 2 atom stereocenters. The number of carbonyl (C=O) groups is 2. The summed E-state index contributed by atoms with van der Waals surface area (Å²) >= 11 is 0. The summed E-state index contributed by atoms with van der Waals surface area (Å²) in [4.78, 5) is 25.2. The van der Waals surface area contributed by atoms with Crippen molar-refractivity contribution < 1.29 is 14.3 Å². The summed E-state index contributed by atoms with van der Waals surface area (Å²) in [5.41, 5.74) is 1.88. The van der Waals surface area contributed by atoms with Gasteiger partial charge in [-0.05, 0) is 84.0 Å². The van der Waals surface area contributed by atoms with Crippen LogP contribution in [0.15, 0.2) is 48.5 Å². The number of carbonyl (C=O) groups excluding carboxylic acids is 2. The van der Waals surface area contributed by atoms with Crippen molar-refractivity contribution in [1.82, 2.24) is 0 Å². The lowest BCUT2D eigenvalue weighted by Crippen LogP contribution is -2.14. The van der Waals surface area contributed by atoms with Gasteiger partial charge in [-0.15, -0.1) is 0 Å². The molecule has 0 amide bonds. The van der Waals surface area contributed by atoms with Crippen LogP contribution in [0.4, 0.5) is 0 Å². The molecule has 0 bridgehead atoms. The SMILES string of the molecule is CC(CC(=O)c1ccc(Oc2ccc(C(=O)CC(C)CC(C)(C)C)cc2)cc1)CC(C)(C)C. The van der Waals surface area contributed by atoms with Gasteiger partial charge in [0.15, 0.2) is 11.6 Å². The molecule has 0 saturated carbocycles. The Balaban J connectivity index is 1.92. The summed E-state index contributed by atoms with van der Waals surface area (Å²) in [7, 11) is 0. The Labute approximate surface area is 200 Å². The van der Waals surface area contributed by atoms with E-state index in [9.17, 15) is 9.59 Å². The van der Waals surface area contributed by atoms with Gasteiger partial charge < -0.3 is 4.74 Å². The Kier molecular flexibility index (Phi) is 9.05. The van der Waals surface area contributed by atoms with Crippen molar-refractivity contribution in [1.29, 1.82) is 0 Å². The van der Waals surface area contributed by atoms with Gasteiger partial charge in [0.2, 0.25) is 0 Å². The third-order valence-electron chi connectivity index (χ3n) is 5.58. The highest BCUT2D eigenvalue weighted by molar-refractivity contribution is 5.96. The van der Waals surface area contributed by atoms with E-state index in [1.807, 2.05) is 48.5 Å². The number of rotatable bonds is 10. The molecule has 33 heavy (non-hydrogen) atoms. The Morgan fingerprint density at radius 2 is 0.939 bits per heavy atom. The van der Waals surface area contributed by atoms with Crippen LogP contribution in [-0.2, 0) is 0 Å². The van der Waals surface area contributed by atoms with Crippen molar-refractivity contribution >= 4 is 11.6 Å². The van der Waals surface area contributed by atoms with Crippen LogP contribution >= 0.6 is 0 Å². The second-order valence-electron chi connectivity index (χ2n) is 12.1. The number of benzene rings is 2. The van der Waals surface area contributed by atoms with Crippen LogP contribution in [0.2, 0.25) is 0 Å². The zero-order valence-electron chi connectivity index (χ0n) is 21.8. The zero-order valence-corrected chi connectivity index (χ0v) is 21.8. The lowest BCUT2D eigenvalue weighted by atomic mass is 9.83. The molecule has 2 aromatic carbocycles. The molecule has 0 aromatic heterocycles. The Bertz CT molecular complexity index is 831. The maximum absolute atomic E-state index is 12.6. The molecule has 0 saturated heterocycles. The van der Waals surface area contributed by atoms with Gasteiger partial charge in [-0.1, -0.05) is 55.4 Å². The fraction of sp³-hybridized carbons (Fsp3) is 0.533. The third-order valence-corrected chi connectivity index (χ3v) is 5.58. The monoisotopic (exact) mass is 450 g/mol. The summed E-state index contributed by atoms with van der Waals surface area (Å²) < 4.78 is 5.92. The van der Waals surface area contributed by atoms with Gasteiger partial charge >= 0.3 is 0 Å². The van der Waals surface area contributed by atoms with Crippen LogP contribution in [0, 0.1) is 22.7 Å². The van der Waals surface area contributed by atoms with E-state index in [1.54, 1.807) is 0 Å². The van der Waals surface area contributed by atoms with Crippen molar-refractivity contribution in [3.8, 4) is 11.5 Å². The van der Waals surface area contributed by atoms with E-state index in [0.717, 1.165) is 12.8 Å². The number of hydrogen-bond acceptors (Lipinski definition) is 3. The molecule has 2 aromatic rings. The average Bonchev–Trinajstić information content (AvgIpc) is 2.66. The quantitative estimate of drug-likeness (QED) is 0.340. The zero-order chi connectivity index (χ0) is 24.8. The third kappa shape index (κ3) is 9.94. The van der Waals surface area contributed by atoms with Gasteiger partial charge in [0.1, 0.15) is 11.5 Å². The molecule has 2 rings (SSSR count). The summed E-state index contributed by atoms with van der Waals surface area (Å²) in [5.74, 6) is 2.39. The highest BCUT2D eigenvalue weighted by Gasteiger charge is 2.19. The minimum absolute atomic E-state index is 0.168. The molecule has 180 valence electrons. The largest absolute Gasteiger partial charge is 0.457 e. The first-order valence-corrected chi connectivity index (χ1v) is 12.2. The summed E-state index contributed by atoms with van der Waals surface area (Å²) in [6, 6.07) is 14.6. The molecule has 0 radical (unpaired) electrons. The van der Waals surface area contributed by atoms with Crippen molar-refractivity contribution in [2.75, 3.05) is 0 Å². The maximum atomic E-state index is 12.6.